The lowest BCUT2D eigenvalue weighted by Gasteiger charge is -2.09. The minimum atomic E-state index is -1.22. The molecule has 0 unspecified atom stereocenters. The van der Waals surface area contributed by atoms with Crippen LogP contribution >= 0.6 is 11.3 Å². The second-order valence-electron chi connectivity index (χ2n) is 6.83. The van der Waals surface area contributed by atoms with Gasteiger partial charge in [0.15, 0.2) is 11.6 Å². The first-order valence-electron chi connectivity index (χ1n) is 9.07. The molecule has 1 aliphatic rings. The normalized spacial score (nSPS) is 13.6. The van der Waals surface area contributed by atoms with E-state index in [0.717, 1.165) is 41.6 Å². The Balaban J connectivity index is 1.54. The van der Waals surface area contributed by atoms with Gasteiger partial charge < -0.3 is 19.3 Å². The molecule has 0 atom stereocenters. The number of carboxylic acids is 1. The average molecular weight is 391 g/mol. The Hall–Kier alpha value is -3.19. The molecule has 5 rings (SSSR count). The number of aromatic amines is 1. The van der Waals surface area contributed by atoms with Crippen LogP contribution in [0.2, 0.25) is 0 Å². The Labute approximate surface area is 163 Å². The molecule has 7 heteroatoms. The molecule has 1 aliphatic carbocycles. The van der Waals surface area contributed by atoms with Gasteiger partial charge in [0.05, 0.1) is 11.4 Å². The number of aryl methyl sites for hydroxylation is 2. The van der Waals surface area contributed by atoms with Gasteiger partial charge in [-0.15, -0.1) is 11.3 Å². The van der Waals surface area contributed by atoms with Crippen LogP contribution in [-0.2, 0) is 12.8 Å². The van der Waals surface area contributed by atoms with Crippen molar-refractivity contribution in [2.24, 2.45) is 0 Å². The molecule has 28 heavy (non-hydrogen) atoms. The van der Waals surface area contributed by atoms with E-state index in [1.54, 1.807) is 35.6 Å². The number of carbonyl (C=O) groups excluding carboxylic acids is 1. The van der Waals surface area contributed by atoms with Gasteiger partial charge in [-0.2, -0.15) is 0 Å². The predicted octanol–water partition coefficient (Wildman–Crippen LogP) is 3.15. The number of fused-ring (bicyclic) bond motifs is 3. The molecule has 0 saturated carbocycles. The molecule has 4 aromatic rings. The van der Waals surface area contributed by atoms with Crippen molar-refractivity contribution in [2.45, 2.75) is 25.7 Å². The Morgan fingerprint density at radius 2 is 1.82 bits per heavy atom. The average Bonchev–Trinajstić information content (AvgIpc) is 3.33. The number of H-pyrrole nitrogens is 1. The van der Waals surface area contributed by atoms with Crippen molar-refractivity contribution < 1.29 is 14.3 Å². The maximum atomic E-state index is 12.7. The molecule has 3 heterocycles. The van der Waals surface area contributed by atoms with Gasteiger partial charge in [0, 0.05) is 10.4 Å². The van der Waals surface area contributed by atoms with Crippen LogP contribution in [0.5, 0.6) is 0 Å². The van der Waals surface area contributed by atoms with E-state index in [1.807, 2.05) is 0 Å². The van der Waals surface area contributed by atoms with Crippen molar-refractivity contribution in [1.82, 2.24) is 9.97 Å². The quantitative estimate of drug-likeness (QED) is 0.578. The van der Waals surface area contributed by atoms with Crippen molar-refractivity contribution in [3.8, 4) is 22.9 Å². The summed E-state index contributed by atoms with van der Waals surface area (Å²) in [5.41, 5.74) is 1.86. The van der Waals surface area contributed by atoms with Crippen molar-refractivity contribution in [3.63, 3.8) is 0 Å². The second kappa shape index (κ2) is 6.45. The highest BCUT2D eigenvalue weighted by molar-refractivity contribution is 7.18. The SMILES string of the molecule is O=C([O-])c1ccc(-c2ccc(-c3nc4sc5c(c4c(=O)[nH]3)CCCC5)o2)cc1. The first kappa shape index (κ1) is 16.9. The number of carboxylic acid groups (broad SMARTS) is 1. The molecule has 140 valence electrons. The first-order valence-corrected chi connectivity index (χ1v) is 9.88. The van der Waals surface area contributed by atoms with E-state index < -0.39 is 5.97 Å². The minimum Gasteiger partial charge on any atom is -0.545 e. The molecule has 3 aromatic heterocycles. The molecule has 0 saturated heterocycles. The Morgan fingerprint density at radius 3 is 2.61 bits per heavy atom. The maximum absolute atomic E-state index is 12.7. The lowest BCUT2D eigenvalue weighted by atomic mass is 9.97. The number of furan rings is 1. The highest BCUT2D eigenvalue weighted by atomic mass is 32.1. The molecule has 1 aromatic carbocycles. The Kier molecular flexibility index (Phi) is 3.91. The lowest BCUT2D eigenvalue weighted by Crippen LogP contribution is -2.21. The topological polar surface area (TPSA) is 99.0 Å². The third-order valence-corrected chi connectivity index (χ3v) is 6.26. The van der Waals surface area contributed by atoms with Crippen LogP contribution in [0.25, 0.3) is 33.1 Å². The molecule has 0 radical (unpaired) electrons. The summed E-state index contributed by atoms with van der Waals surface area (Å²) >= 11 is 1.60. The van der Waals surface area contributed by atoms with E-state index >= 15 is 0 Å². The number of hydrogen-bond acceptors (Lipinski definition) is 6. The predicted molar refractivity (Wildman–Crippen MR) is 104 cm³/mol. The summed E-state index contributed by atoms with van der Waals surface area (Å²) in [5.74, 6) is 0.201. The largest absolute Gasteiger partial charge is 0.545 e. The molecule has 0 fully saturated rings. The molecule has 6 nitrogen and oxygen atoms in total. The van der Waals surface area contributed by atoms with E-state index in [9.17, 15) is 14.7 Å². The van der Waals surface area contributed by atoms with Crippen LogP contribution in [0.15, 0.2) is 45.6 Å². The second-order valence-corrected chi connectivity index (χ2v) is 7.92. The fraction of sp³-hybridized carbons (Fsp3) is 0.190. The number of nitrogens with zero attached hydrogens (tertiary/aromatic N) is 1. The Bertz CT molecular complexity index is 1260. The Morgan fingerprint density at radius 1 is 1.07 bits per heavy atom. The lowest BCUT2D eigenvalue weighted by molar-refractivity contribution is -0.255. The molecule has 0 bridgehead atoms. The third-order valence-electron chi connectivity index (χ3n) is 5.07. The smallest absolute Gasteiger partial charge is 0.260 e. The summed E-state index contributed by atoms with van der Waals surface area (Å²) in [6.07, 6.45) is 4.21. The van der Waals surface area contributed by atoms with E-state index in [4.69, 9.17) is 4.42 Å². The molecule has 0 aliphatic heterocycles. The van der Waals surface area contributed by atoms with Crippen molar-refractivity contribution in [2.75, 3.05) is 0 Å². The monoisotopic (exact) mass is 391 g/mol. The molecular formula is C21H15N2O4S-. The highest BCUT2D eigenvalue weighted by Gasteiger charge is 2.20. The zero-order valence-electron chi connectivity index (χ0n) is 14.8. The molecular weight excluding hydrogens is 376 g/mol. The number of nitrogens with one attached hydrogen (secondary N) is 1. The fourth-order valence-electron chi connectivity index (χ4n) is 3.67. The number of aromatic carboxylic acids is 1. The first-order chi connectivity index (χ1) is 13.6. The molecule has 0 spiro atoms. The van der Waals surface area contributed by atoms with E-state index in [-0.39, 0.29) is 11.1 Å². The van der Waals surface area contributed by atoms with Crippen molar-refractivity contribution in [3.05, 3.63) is 62.8 Å². The third kappa shape index (κ3) is 2.75. The zero-order chi connectivity index (χ0) is 19.3. The number of aromatic nitrogens is 2. The van der Waals surface area contributed by atoms with Crippen LogP contribution in [0, 0.1) is 0 Å². The van der Waals surface area contributed by atoms with Crippen molar-refractivity contribution in [1.29, 1.82) is 0 Å². The minimum absolute atomic E-state index is 0.105. The van der Waals surface area contributed by atoms with E-state index in [1.165, 1.54) is 17.0 Å². The molecule has 0 amide bonds. The number of carbonyl (C=O) groups is 1. The van der Waals surface area contributed by atoms with Crippen LogP contribution in [0.1, 0.15) is 33.6 Å². The number of rotatable bonds is 3. The van der Waals surface area contributed by atoms with Gasteiger partial charge in [-0.25, -0.2) is 4.98 Å². The summed E-state index contributed by atoms with van der Waals surface area (Å²) < 4.78 is 5.87. The number of benzene rings is 1. The van der Waals surface area contributed by atoms with Crippen LogP contribution < -0.4 is 10.7 Å². The summed E-state index contributed by atoms with van der Waals surface area (Å²) in [6, 6.07) is 9.76. The fourth-order valence-corrected chi connectivity index (χ4v) is 4.93. The van der Waals surface area contributed by atoms with Gasteiger partial charge in [-0.05, 0) is 48.9 Å². The van der Waals surface area contributed by atoms with Gasteiger partial charge in [-0.3, -0.25) is 4.79 Å². The standard InChI is InChI=1S/C21H16N2O4S/c24-19-17-13-3-1-2-4-16(13)28-20(17)23-18(22-19)15-10-9-14(27-15)11-5-7-12(8-6-11)21(25)26/h5-10H,1-4H2,(H,25,26)(H,22,23,24)/p-1. The summed E-state index contributed by atoms with van der Waals surface area (Å²) in [6.45, 7) is 0. The number of thiophene rings is 1. The van der Waals surface area contributed by atoms with Gasteiger partial charge >= 0.3 is 0 Å². The molecule has 1 N–H and O–H groups in total. The van der Waals surface area contributed by atoms with E-state index in [0.29, 0.717) is 22.7 Å². The van der Waals surface area contributed by atoms with Crippen LogP contribution in [0.3, 0.4) is 0 Å². The summed E-state index contributed by atoms with van der Waals surface area (Å²) in [5, 5.41) is 11.6. The van der Waals surface area contributed by atoms with E-state index in [2.05, 4.69) is 9.97 Å². The summed E-state index contributed by atoms with van der Waals surface area (Å²) in [4.78, 5) is 33.1. The van der Waals surface area contributed by atoms with Gasteiger partial charge in [0.1, 0.15) is 10.6 Å². The maximum Gasteiger partial charge on any atom is 0.260 e. The van der Waals surface area contributed by atoms with Gasteiger partial charge in [0.2, 0.25) is 0 Å². The van der Waals surface area contributed by atoms with Crippen LogP contribution in [0.4, 0.5) is 0 Å². The van der Waals surface area contributed by atoms with Crippen LogP contribution in [-0.4, -0.2) is 15.9 Å². The highest BCUT2D eigenvalue weighted by Crippen LogP contribution is 2.34. The summed E-state index contributed by atoms with van der Waals surface area (Å²) in [7, 11) is 0. The zero-order valence-corrected chi connectivity index (χ0v) is 15.6. The van der Waals surface area contributed by atoms with Crippen molar-refractivity contribution >= 4 is 27.5 Å². The van der Waals surface area contributed by atoms with Gasteiger partial charge in [0.25, 0.3) is 5.56 Å². The number of hydrogen-bond donors (Lipinski definition) is 1. The van der Waals surface area contributed by atoms with Gasteiger partial charge in [-0.1, -0.05) is 24.3 Å².